The fourth-order valence-electron chi connectivity index (χ4n) is 2.45. The number of nitrogens with zero attached hydrogens (tertiary/aromatic N) is 2. The summed E-state index contributed by atoms with van der Waals surface area (Å²) in [6, 6.07) is 0. The second kappa shape index (κ2) is 11.4. The minimum absolute atomic E-state index is 0.00117. The molecule has 152 valence electrons. The van der Waals surface area contributed by atoms with Gasteiger partial charge in [0.15, 0.2) is 0 Å². The summed E-state index contributed by atoms with van der Waals surface area (Å²) < 4.78 is 10.4. The van der Waals surface area contributed by atoms with Gasteiger partial charge in [-0.1, -0.05) is 33.8 Å². The highest BCUT2D eigenvalue weighted by atomic mass is 16.6. The Bertz CT molecular complexity index is 600. The first-order valence-electron chi connectivity index (χ1n) is 9.24. The van der Waals surface area contributed by atoms with Gasteiger partial charge in [-0.15, -0.1) is 0 Å². The van der Waals surface area contributed by atoms with E-state index in [2.05, 4.69) is 4.79 Å². The van der Waals surface area contributed by atoms with Crippen molar-refractivity contribution in [3.63, 3.8) is 0 Å². The van der Waals surface area contributed by atoms with Gasteiger partial charge in [-0.2, -0.15) is 4.79 Å². The topological polar surface area (TPSA) is 106 Å². The van der Waals surface area contributed by atoms with E-state index in [1.807, 2.05) is 27.7 Å². The van der Waals surface area contributed by atoms with Crippen LogP contribution in [0, 0.1) is 11.8 Å². The van der Waals surface area contributed by atoms with Gasteiger partial charge in [-0.05, 0) is 45.4 Å². The van der Waals surface area contributed by atoms with Gasteiger partial charge in [0.05, 0.1) is 0 Å². The SMILES string of the molecule is CC(C)C(OC(=O)C(=[N+]=[N-])C(=O)CCC/C=C/C(=O)OC(C)(C)C)C(C)C. The van der Waals surface area contributed by atoms with Crippen LogP contribution < -0.4 is 0 Å². The van der Waals surface area contributed by atoms with Crippen LogP contribution in [0.3, 0.4) is 0 Å². The Morgan fingerprint density at radius 2 is 1.63 bits per heavy atom. The van der Waals surface area contributed by atoms with Crippen LogP contribution in [0.15, 0.2) is 12.2 Å². The number of allylic oxidation sites excluding steroid dienone is 1. The molecule has 0 radical (unpaired) electrons. The van der Waals surface area contributed by atoms with Gasteiger partial charge in [0.1, 0.15) is 11.7 Å². The quantitative estimate of drug-likeness (QED) is 0.110. The van der Waals surface area contributed by atoms with Crippen molar-refractivity contribution in [3.8, 4) is 0 Å². The van der Waals surface area contributed by atoms with Crippen molar-refractivity contribution in [1.29, 1.82) is 0 Å². The molecule has 0 saturated heterocycles. The lowest BCUT2D eigenvalue weighted by Crippen LogP contribution is -2.35. The summed E-state index contributed by atoms with van der Waals surface area (Å²) in [6.07, 6.45) is 3.37. The number of rotatable bonds is 10. The molecule has 0 saturated carbocycles. The van der Waals surface area contributed by atoms with Crippen molar-refractivity contribution in [3.05, 3.63) is 17.7 Å². The van der Waals surface area contributed by atoms with Crippen LogP contribution in [-0.4, -0.2) is 39.9 Å². The molecule has 0 heterocycles. The van der Waals surface area contributed by atoms with E-state index >= 15 is 0 Å². The number of Topliss-reactive ketones (excluding diaryl/α,β-unsaturated/α-hetero) is 1. The van der Waals surface area contributed by atoms with Crippen molar-refractivity contribution in [1.82, 2.24) is 0 Å². The average molecular weight is 380 g/mol. The molecule has 0 N–H and O–H groups in total. The van der Waals surface area contributed by atoms with Gasteiger partial charge < -0.3 is 15.0 Å². The zero-order chi connectivity index (χ0) is 21.2. The van der Waals surface area contributed by atoms with Gasteiger partial charge in [-0.25, -0.2) is 9.59 Å². The molecule has 0 spiro atoms. The number of esters is 2. The lowest BCUT2D eigenvalue weighted by Gasteiger charge is -2.23. The van der Waals surface area contributed by atoms with Gasteiger partial charge in [0.25, 0.3) is 5.78 Å². The minimum Gasteiger partial charge on any atom is -0.457 e. The minimum atomic E-state index is -0.917. The Morgan fingerprint density at radius 1 is 1.07 bits per heavy atom. The molecular weight excluding hydrogens is 348 g/mol. The zero-order valence-corrected chi connectivity index (χ0v) is 17.4. The molecule has 0 aliphatic heterocycles. The van der Waals surface area contributed by atoms with E-state index in [4.69, 9.17) is 15.0 Å². The standard InChI is InChI=1S/C20H32N2O5/c1-13(2)18(14(3)4)26-19(25)17(22-21)15(23)11-9-8-10-12-16(24)27-20(5,6)7/h10,12-14,18H,8-9,11H2,1-7H3/b12-10+. The van der Waals surface area contributed by atoms with Crippen molar-refractivity contribution >= 4 is 23.4 Å². The highest BCUT2D eigenvalue weighted by Crippen LogP contribution is 2.16. The number of carbonyl (C=O) groups excluding carboxylic acids is 3. The predicted octanol–water partition coefficient (Wildman–Crippen LogP) is 3.52. The van der Waals surface area contributed by atoms with Gasteiger partial charge in [-0.3, -0.25) is 4.79 Å². The summed E-state index contributed by atoms with van der Waals surface area (Å²) in [6.45, 7) is 13.0. The molecule has 27 heavy (non-hydrogen) atoms. The molecule has 0 aromatic heterocycles. The fourth-order valence-corrected chi connectivity index (χ4v) is 2.45. The second-order valence-corrected chi connectivity index (χ2v) is 8.06. The lowest BCUT2D eigenvalue weighted by atomic mass is 9.96. The van der Waals surface area contributed by atoms with E-state index in [1.165, 1.54) is 6.08 Å². The molecule has 0 amide bonds. The van der Waals surface area contributed by atoms with E-state index in [0.29, 0.717) is 12.8 Å². The summed E-state index contributed by atoms with van der Waals surface area (Å²) in [5, 5.41) is 0. The number of ketones is 1. The van der Waals surface area contributed by atoms with Gasteiger partial charge >= 0.3 is 17.7 Å². The molecule has 7 nitrogen and oxygen atoms in total. The molecule has 0 aromatic rings. The summed E-state index contributed by atoms with van der Waals surface area (Å²) in [7, 11) is 0. The molecule has 0 rings (SSSR count). The summed E-state index contributed by atoms with van der Waals surface area (Å²) in [5.41, 5.74) is 7.87. The Hall–Kier alpha value is -2.27. The third-order valence-corrected chi connectivity index (χ3v) is 3.55. The monoisotopic (exact) mass is 380 g/mol. The third-order valence-electron chi connectivity index (χ3n) is 3.55. The smallest absolute Gasteiger partial charge is 0.441 e. The Balaban J connectivity index is 4.56. The van der Waals surface area contributed by atoms with Crippen LogP contribution in [0.4, 0.5) is 0 Å². The lowest BCUT2D eigenvalue weighted by molar-refractivity contribution is -0.151. The maximum atomic E-state index is 12.1. The molecule has 0 fully saturated rings. The zero-order valence-electron chi connectivity index (χ0n) is 17.4. The Kier molecular flexibility index (Phi) is 10.5. The number of hydrogen-bond acceptors (Lipinski definition) is 5. The van der Waals surface area contributed by atoms with Crippen LogP contribution in [0.2, 0.25) is 0 Å². The van der Waals surface area contributed by atoms with Crippen LogP contribution in [0.25, 0.3) is 5.53 Å². The number of unbranched alkanes of at least 4 members (excludes halogenated alkanes) is 1. The maximum absolute atomic E-state index is 12.1. The van der Waals surface area contributed by atoms with Crippen molar-refractivity contribution in [2.24, 2.45) is 11.8 Å². The van der Waals surface area contributed by atoms with E-state index < -0.39 is 29.0 Å². The van der Waals surface area contributed by atoms with Crippen molar-refractivity contribution in [2.45, 2.75) is 79.4 Å². The first kappa shape index (κ1) is 24.7. The molecule has 0 aliphatic carbocycles. The molecule has 7 heteroatoms. The Morgan fingerprint density at radius 3 is 2.07 bits per heavy atom. The maximum Gasteiger partial charge on any atom is 0.441 e. The summed E-state index contributed by atoms with van der Waals surface area (Å²) in [5.74, 6) is -1.83. The first-order chi connectivity index (χ1) is 12.4. The number of ether oxygens (including phenoxy) is 2. The predicted molar refractivity (Wildman–Crippen MR) is 102 cm³/mol. The molecule has 0 aromatic carbocycles. The van der Waals surface area contributed by atoms with E-state index in [1.54, 1.807) is 26.8 Å². The first-order valence-corrected chi connectivity index (χ1v) is 9.24. The average Bonchev–Trinajstić information content (AvgIpc) is 2.50. The van der Waals surface area contributed by atoms with Crippen LogP contribution in [-0.2, 0) is 23.9 Å². The molecule has 0 bridgehead atoms. The third kappa shape index (κ3) is 10.5. The van der Waals surface area contributed by atoms with Crippen LogP contribution in [0.1, 0.15) is 67.7 Å². The summed E-state index contributed by atoms with van der Waals surface area (Å²) in [4.78, 5) is 38.6. The molecular formula is C20H32N2O5. The van der Waals surface area contributed by atoms with E-state index in [-0.39, 0.29) is 24.4 Å². The van der Waals surface area contributed by atoms with Crippen LogP contribution >= 0.6 is 0 Å². The molecule has 0 unspecified atom stereocenters. The number of carbonyl (C=O) groups is 3. The highest BCUT2D eigenvalue weighted by Gasteiger charge is 2.34. The largest absolute Gasteiger partial charge is 0.457 e. The number of hydrogen-bond donors (Lipinski definition) is 0. The highest BCUT2D eigenvalue weighted by molar-refractivity contribution is 6.62. The van der Waals surface area contributed by atoms with Crippen LogP contribution in [0.5, 0.6) is 0 Å². The molecule has 0 aliphatic rings. The summed E-state index contributed by atoms with van der Waals surface area (Å²) >= 11 is 0. The van der Waals surface area contributed by atoms with Gasteiger partial charge in [0, 0.05) is 12.5 Å². The van der Waals surface area contributed by atoms with E-state index in [0.717, 1.165) is 0 Å². The molecule has 0 atom stereocenters. The Labute approximate surface area is 161 Å². The normalized spacial score (nSPS) is 11.8. The fraction of sp³-hybridized carbons (Fsp3) is 0.700. The van der Waals surface area contributed by atoms with Crippen molar-refractivity contribution < 1.29 is 28.6 Å². The van der Waals surface area contributed by atoms with Gasteiger partial charge in [0.2, 0.25) is 0 Å². The van der Waals surface area contributed by atoms with E-state index in [9.17, 15) is 14.4 Å². The second-order valence-electron chi connectivity index (χ2n) is 8.06. The van der Waals surface area contributed by atoms with Crippen molar-refractivity contribution in [2.75, 3.05) is 0 Å².